The molecule has 2 rings (SSSR count). The van der Waals surface area contributed by atoms with Gasteiger partial charge < -0.3 is 14.8 Å². The topological polar surface area (TPSA) is 47.6 Å². The molecule has 0 aliphatic rings. The molecule has 0 aliphatic carbocycles. The highest BCUT2D eigenvalue weighted by atomic mass is 16.5. The molecule has 1 N–H and O–H groups in total. The van der Waals surface area contributed by atoms with Crippen LogP contribution in [0.15, 0.2) is 48.5 Å². The fourth-order valence-electron chi connectivity index (χ4n) is 2.04. The van der Waals surface area contributed by atoms with Crippen molar-refractivity contribution in [2.75, 3.05) is 19.8 Å². The van der Waals surface area contributed by atoms with E-state index < -0.39 is 0 Å². The lowest BCUT2D eigenvalue weighted by Gasteiger charge is -2.09. The van der Waals surface area contributed by atoms with Crippen molar-refractivity contribution >= 4 is 5.91 Å². The quantitative estimate of drug-likeness (QED) is 0.799. The first-order valence-electron chi connectivity index (χ1n) is 7.39. The van der Waals surface area contributed by atoms with Gasteiger partial charge in [0.1, 0.15) is 18.1 Å². The normalized spacial score (nSPS) is 10.1. The van der Waals surface area contributed by atoms with E-state index in [-0.39, 0.29) is 5.91 Å². The number of benzene rings is 2. The number of carbonyl (C=O) groups is 1. The van der Waals surface area contributed by atoms with Crippen molar-refractivity contribution in [3.05, 3.63) is 59.7 Å². The molecule has 0 aromatic heterocycles. The summed E-state index contributed by atoms with van der Waals surface area (Å²) in [6.07, 6.45) is 0. The fraction of sp³-hybridized carbons (Fsp3) is 0.278. The molecule has 0 aliphatic heterocycles. The van der Waals surface area contributed by atoms with Crippen LogP contribution in [0.4, 0.5) is 0 Å². The van der Waals surface area contributed by atoms with Crippen molar-refractivity contribution in [3.63, 3.8) is 0 Å². The van der Waals surface area contributed by atoms with Gasteiger partial charge in [-0.1, -0.05) is 23.8 Å². The molecule has 4 heteroatoms. The first kappa shape index (κ1) is 15.9. The maximum absolute atomic E-state index is 12.0. The lowest BCUT2D eigenvalue weighted by atomic mass is 10.1. The van der Waals surface area contributed by atoms with E-state index in [0.29, 0.717) is 25.3 Å². The van der Waals surface area contributed by atoms with Gasteiger partial charge in [-0.05, 0) is 38.1 Å². The number of rotatable bonds is 7. The number of amides is 1. The van der Waals surface area contributed by atoms with E-state index in [9.17, 15) is 4.79 Å². The highest BCUT2D eigenvalue weighted by Gasteiger charge is 2.04. The Labute approximate surface area is 131 Å². The summed E-state index contributed by atoms with van der Waals surface area (Å²) < 4.78 is 11.0. The Kier molecular flexibility index (Phi) is 5.83. The molecule has 22 heavy (non-hydrogen) atoms. The molecule has 0 saturated heterocycles. The van der Waals surface area contributed by atoms with Gasteiger partial charge in [-0.15, -0.1) is 0 Å². The molecule has 0 saturated carbocycles. The monoisotopic (exact) mass is 299 g/mol. The predicted molar refractivity (Wildman–Crippen MR) is 86.6 cm³/mol. The number of carbonyl (C=O) groups excluding carboxylic acids is 1. The molecule has 0 bridgehead atoms. The summed E-state index contributed by atoms with van der Waals surface area (Å²) in [5.41, 5.74) is 1.73. The van der Waals surface area contributed by atoms with Crippen LogP contribution in [0.25, 0.3) is 0 Å². The van der Waals surface area contributed by atoms with Gasteiger partial charge in [0.05, 0.1) is 13.2 Å². The average Bonchev–Trinajstić information content (AvgIpc) is 2.52. The largest absolute Gasteiger partial charge is 0.494 e. The van der Waals surface area contributed by atoms with Crippen LogP contribution < -0.4 is 14.8 Å². The van der Waals surface area contributed by atoms with Crippen molar-refractivity contribution in [3.8, 4) is 11.5 Å². The third-order valence-corrected chi connectivity index (χ3v) is 3.05. The Morgan fingerprint density at radius 3 is 2.50 bits per heavy atom. The van der Waals surface area contributed by atoms with Crippen LogP contribution in [-0.2, 0) is 0 Å². The Hall–Kier alpha value is -2.49. The minimum absolute atomic E-state index is 0.0876. The number of aryl methyl sites for hydroxylation is 1. The molecule has 0 unspecified atom stereocenters. The van der Waals surface area contributed by atoms with Crippen molar-refractivity contribution in [1.82, 2.24) is 5.32 Å². The van der Waals surface area contributed by atoms with E-state index in [0.717, 1.165) is 17.1 Å². The standard InChI is InChI=1S/C18H21NO3/c1-3-21-16-8-5-9-17(13-16)22-11-10-19-18(20)15-7-4-6-14(2)12-15/h4-9,12-13H,3,10-11H2,1-2H3,(H,19,20). The van der Waals surface area contributed by atoms with Crippen LogP contribution in [0.5, 0.6) is 11.5 Å². The van der Waals surface area contributed by atoms with Crippen molar-refractivity contribution in [1.29, 1.82) is 0 Å². The highest BCUT2D eigenvalue weighted by molar-refractivity contribution is 5.94. The smallest absolute Gasteiger partial charge is 0.251 e. The molecular weight excluding hydrogens is 278 g/mol. The Balaban J connectivity index is 1.77. The zero-order valence-electron chi connectivity index (χ0n) is 13.0. The molecule has 0 heterocycles. The number of ether oxygens (including phenoxy) is 2. The molecule has 2 aromatic rings. The van der Waals surface area contributed by atoms with Gasteiger partial charge in [-0.25, -0.2) is 0 Å². The third kappa shape index (κ3) is 4.81. The summed E-state index contributed by atoms with van der Waals surface area (Å²) in [6.45, 7) is 5.38. The minimum atomic E-state index is -0.0876. The number of nitrogens with one attached hydrogen (secondary N) is 1. The summed E-state index contributed by atoms with van der Waals surface area (Å²) in [7, 11) is 0. The van der Waals surface area contributed by atoms with E-state index >= 15 is 0 Å². The Bertz CT molecular complexity index is 625. The van der Waals surface area contributed by atoms with Crippen LogP contribution in [-0.4, -0.2) is 25.7 Å². The summed E-state index contributed by atoms with van der Waals surface area (Å²) in [4.78, 5) is 12.0. The first-order chi connectivity index (χ1) is 10.7. The molecule has 0 atom stereocenters. The van der Waals surface area contributed by atoms with Crippen LogP contribution in [0, 0.1) is 6.92 Å². The van der Waals surface area contributed by atoms with Gasteiger partial charge in [0.2, 0.25) is 0 Å². The summed E-state index contributed by atoms with van der Waals surface area (Å²) in [5.74, 6) is 1.43. The third-order valence-electron chi connectivity index (χ3n) is 3.05. The zero-order chi connectivity index (χ0) is 15.8. The first-order valence-corrected chi connectivity index (χ1v) is 7.39. The van der Waals surface area contributed by atoms with E-state index in [1.807, 2.05) is 56.3 Å². The molecule has 0 fully saturated rings. The van der Waals surface area contributed by atoms with Gasteiger partial charge in [0, 0.05) is 11.6 Å². The second-order valence-electron chi connectivity index (χ2n) is 4.88. The van der Waals surface area contributed by atoms with Crippen molar-refractivity contribution in [2.24, 2.45) is 0 Å². The van der Waals surface area contributed by atoms with E-state index in [1.54, 1.807) is 6.07 Å². The number of hydrogen-bond acceptors (Lipinski definition) is 3. The van der Waals surface area contributed by atoms with Gasteiger partial charge >= 0.3 is 0 Å². The molecule has 2 aromatic carbocycles. The summed E-state index contributed by atoms with van der Waals surface area (Å²) in [5, 5.41) is 2.84. The van der Waals surface area contributed by atoms with Crippen molar-refractivity contribution in [2.45, 2.75) is 13.8 Å². The zero-order valence-corrected chi connectivity index (χ0v) is 13.0. The summed E-state index contributed by atoms with van der Waals surface area (Å²) in [6, 6.07) is 15.0. The molecular formula is C18H21NO3. The lowest BCUT2D eigenvalue weighted by molar-refractivity contribution is 0.0947. The van der Waals surface area contributed by atoms with E-state index in [2.05, 4.69) is 5.32 Å². The summed E-state index contributed by atoms with van der Waals surface area (Å²) >= 11 is 0. The van der Waals surface area contributed by atoms with Crippen LogP contribution >= 0.6 is 0 Å². The molecule has 0 spiro atoms. The maximum atomic E-state index is 12.0. The Morgan fingerprint density at radius 1 is 1.05 bits per heavy atom. The van der Waals surface area contributed by atoms with Gasteiger partial charge in [-0.3, -0.25) is 4.79 Å². The lowest BCUT2D eigenvalue weighted by Crippen LogP contribution is -2.28. The second-order valence-corrected chi connectivity index (χ2v) is 4.88. The minimum Gasteiger partial charge on any atom is -0.494 e. The van der Waals surface area contributed by atoms with Gasteiger partial charge in [0.25, 0.3) is 5.91 Å². The fourth-order valence-corrected chi connectivity index (χ4v) is 2.04. The molecule has 116 valence electrons. The molecule has 0 radical (unpaired) electrons. The van der Waals surface area contributed by atoms with E-state index in [4.69, 9.17) is 9.47 Å². The van der Waals surface area contributed by atoms with Crippen LogP contribution in [0.1, 0.15) is 22.8 Å². The SMILES string of the molecule is CCOc1cccc(OCCNC(=O)c2cccc(C)c2)c1. The average molecular weight is 299 g/mol. The second kappa shape index (κ2) is 8.08. The Morgan fingerprint density at radius 2 is 1.77 bits per heavy atom. The van der Waals surface area contributed by atoms with E-state index in [1.165, 1.54) is 0 Å². The van der Waals surface area contributed by atoms with Crippen LogP contribution in [0.3, 0.4) is 0 Å². The predicted octanol–water partition coefficient (Wildman–Crippen LogP) is 3.20. The molecule has 4 nitrogen and oxygen atoms in total. The highest BCUT2D eigenvalue weighted by Crippen LogP contribution is 2.19. The van der Waals surface area contributed by atoms with Gasteiger partial charge in [-0.2, -0.15) is 0 Å². The maximum Gasteiger partial charge on any atom is 0.251 e. The molecule has 1 amide bonds. The van der Waals surface area contributed by atoms with Crippen LogP contribution in [0.2, 0.25) is 0 Å². The number of hydrogen-bond donors (Lipinski definition) is 1. The van der Waals surface area contributed by atoms with Crippen molar-refractivity contribution < 1.29 is 14.3 Å². The van der Waals surface area contributed by atoms with Gasteiger partial charge in [0.15, 0.2) is 0 Å².